The van der Waals surface area contributed by atoms with Crippen molar-refractivity contribution in [1.82, 2.24) is 9.97 Å². The van der Waals surface area contributed by atoms with Crippen molar-refractivity contribution in [1.29, 1.82) is 0 Å². The van der Waals surface area contributed by atoms with E-state index in [1.54, 1.807) is 33.1 Å². The average Bonchev–Trinajstić information content (AvgIpc) is 2.78. The van der Waals surface area contributed by atoms with Crippen molar-refractivity contribution in [3.63, 3.8) is 0 Å². The fourth-order valence-corrected chi connectivity index (χ4v) is 3.46. The van der Waals surface area contributed by atoms with Crippen LogP contribution >= 0.6 is 0 Å². The molecule has 1 aromatic heterocycles. The lowest BCUT2D eigenvalue weighted by Crippen LogP contribution is -2.41. The third kappa shape index (κ3) is 5.66. The van der Waals surface area contributed by atoms with Gasteiger partial charge in [-0.25, -0.2) is 14.4 Å². The minimum absolute atomic E-state index is 0.000813. The topological polar surface area (TPSA) is 76.5 Å². The monoisotopic (exact) mass is 487 g/mol. The molecule has 0 unspecified atom stereocenters. The highest BCUT2D eigenvalue weighted by Gasteiger charge is 2.48. The maximum Gasteiger partial charge on any atom is 0.303 e. The molecule has 0 saturated carbocycles. The highest BCUT2D eigenvalue weighted by atomic mass is 19.3. The van der Waals surface area contributed by atoms with Crippen LogP contribution in [0.15, 0.2) is 30.3 Å². The second-order valence-corrected chi connectivity index (χ2v) is 8.47. The number of ether oxygens (including phenoxy) is 2. The standard InChI is InChI=1S/C26H28F3N3O3/c1-6-8-17-13-21-19(14-22(17)35-12-11-34-5)24(32-16(2)31-21)30-15-18-9-7-10-20(23(18)27)26(28,29)25(3,4)33/h7,9-10,13-14,33H,11-12,15H2,1-5H3,(H,30,31,32). The molecule has 0 saturated heterocycles. The molecule has 186 valence electrons. The highest BCUT2D eigenvalue weighted by Crippen LogP contribution is 2.40. The molecule has 0 bridgehead atoms. The second-order valence-electron chi connectivity index (χ2n) is 8.47. The maximum atomic E-state index is 15.1. The van der Waals surface area contributed by atoms with Crippen molar-refractivity contribution in [2.24, 2.45) is 0 Å². The third-order valence-electron chi connectivity index (χ3n) is 5.35. The Morgan fingerprint density at radius 1 is 1.14 bits per heavy atom. The first-order chi connectivity index (χ1) is 16.5. The van der Waals surface area contributed by atoms with Crippen LogP contribution in [-0.2, 0) is 17.2 Å². The van der Waals surface area contributed by atoms with E-state index in [-0.39, 0.29) is 12.1 Å². The Labute approximate surface area is 202 Å². The van der Waals surface area contributed by atoms with E-state index in [0.717, 1.165) is 19.9 Å². The molecule has 1 heterocycles. The molecule has 2 N–H and O–H groups in total. The SMILES string of the molecule is CC#Cc1cc2nc(C)nc(NCc3cccc(C(F)(F)C(C)(C)O)c3F)c2cc1OCCOC. The number of halogens is 3. The van der Waals surface area contributed by atoms with Crippen LogP contribution in [0.5, 0.6) is 5.75 Å². The minimum atomic E-state index is -3.78. The van der Waals surface area contributed by atoms with Crippen molar-refractivity contribution in [2.75, 3.05) is 25.6 Å². The van der Waals surface area contributed by atoms with E-state index >= 15 is 4.39 Å². The summed E-state index contributed by atoms with van der Waals surface area (Å²) in [6.07, 6.45) is 0. The zero-order chi connectivity index (χ0) is 25.8. The fraction of sp³-hybridized carbons (Fsp3) is 0.385. The van der Waals surface area contributed by atoms with Crippen molar-refractivity contribution in [3.05, 3.63) is 58.7 Å². The number of hydrogen-bond acceptors (Lipinski definition) is 6. The number of rotatable bonds is 9. The molecular formula is C26H28F3N3O3. The van der Waals surface area contributed by atoms with Gasteiger partial charge in [0.25, 0.3) is 0 Å². The van der Waals surface area contributed by atoms with Gasteiger partial charge in [0.2, 0.25) is 0 Å². The Hall–Kier alpha value is -3.35. The molecule has 2 aromatic carbocycles. The predicted octanol–water partition coefficient (Wildman–Crippen LogP) is 4.95. The average molecular weight is 488 g/mol. The van der Waals surface area contributed by atoms with E-state index in [4.69, 9.17) is 9.47 Å². The van der Waals surface area contributed by atoms with E-state index in [1.165, 1.54) is 12.1 Å². The van der Waals surface area contributed by atoms with Gasteiger partial charge in [-0.05, 0) is 45.9 Å². The number of benzene rings is 2. The van der Waals surface area contributed by atoms with Crippen LogP contribution < -0.4 is 10.1 Å². The molecular weight excluding hydrogens is 459 g/mol. The number of aliphatic hydroxyl groups is 1. The minimum Gasteiger partial charge on any atom is -0.490 e. The van der Waals surface area contributed by atoms with Crippen LogP contribution in [-0.4, -0.2) is 41.0 Å². The number of aryl methyl sites for hydroxylation is 1. The first-order valence-electron chi connectivity index (χ1n) is 11.0. The van der Waals surface area contributed by atoms with E-state index in [2.05, 4.69) is 27.1 Å². The van der Waals surface area contributed by atoms with Gasteiger partial charge in [-0.2, -0.15) is 8.78 Å². The smallest absolute Gasteiger partial charge is 0.303 e. The summed E-state index contributed by atoms with van der Waals surface area (Å²) in [6, 6.07) is 7.22. The molecule has 0 fully saturated rings. The van der Waals surface area contributed by atoms with Gasteiger partial charge in [-0.1, -0.05) is 18.1 Å². The Morgan fingerprint density at radius 3 is 2.54 bits per heavy atom. The molecule has 0 aliphatic rings. The number of nitrogens with zero attached hydrogens (tertiary/aromatic N) is 2. The number of hydrogen-bond donors (Lipinski definition) is 2. The molecule has 0 amide bonds. The molecule has 0 aliphatic heterocycles. The zero-order valence-corrected chi connectivity index (χ0v) is 20.3. The number of alkyl halides is 2. The van der Waals surface area contributed by atoms with Crippen molar-refractivity contribution in [2.45, 2.75) is 45.8 Å². The molecule has 35 heavy (non-hydrogen) atoms. The summed E-state index contributed by atoms with van der Waals surface area (Å²) in [5.74, 6) is 2.33. The first kappa shape index (κ1) is 26.3. The van der Waals surface area contributed by atoms with E-state index in [0.29, 0.717) is 47.1 Å². The third-order valence-corrected chi connectivity index (χ3v) is 5.35. The largest absolute Gasteiger partial charge is 0.490 e. The summed E-state index contributed by atoms with van der Waals surface area (Å²) >= 11 is 0. The molecule has 0 spiro atoms. The van der Waals surface area contributed by atoms with Crippen molar-refractivity contribution in [3.8, 4) is 17.6 Å². The van der Waals surface area contributed by atoms with Gasteiger partial charge in [0.15, 0.2) is 0 Å². The lowest BCUT2D eigenvalue weighted by Gasteiger charge is -2.30. The lowest BCUT2D eigenvalue weighted by atomic mass is 9.92. The number of fused-ring (bicyclic) bond motifs is 1. The van der Waals surface area contributed by atoms with Crippen LogP contribution in [0.1, 0.15) is 43.3 Å². The first-order valence-corrected chi connectivity index (χ1v) is 11.0. The van der Waals surface area contributed by atoms with Gasteiger partial charge in [0.1, 0.15) is 35.4 Å². The molecule has 0 radical (unpaired) electrons. The van der Waals surface area contributed by atoms with Crippen molar-refractivity contribution < 1.29 is 27.8 Å². The summed E-state index contributed by atoms with van der Waals surface area (Å²) in [5, 5.41) is 13.5. The van der Waals surface area contributed by atoms with Crippen molar-refractivity contribution >= 4 is 16.7 Å². The molecule has 3 aromatic rings. The van der Waals surface area contributed by atoms with Crippen LogP contribution in [0, 0.1) is 24.6 Å². The normalized spacial score (nSPS) is 11.8. The van der Waals surface area contributed by atoms with Crippen LogP contribution in [0.2, 0.25) is 0 Å². The highest BCUT2D eigenvalue weighted by molar-refractivity contribution is 5.91. The molecule has 0 atom stereocenters. The quantitative estimate of drug-likeness (QED) is 0.329. The Balaban J connectivity index is 2.00. The van der Waals surface area contributed by atoms with E-state index < -0.39 is 22.9 Å². The van der Waals surface area contributed by atoms with Crippen LogP contribution in [0.25, 0.3) is 10.9 Å². The number of methoxy groups -OCH3 is 1. The van der Waals surface area contributed by atoms with Gasteiger partial charge in [0, 0.05) is 24.6 Å². The summed E-state index contributed by atoms with van der Waals surface area (Å²) in [4.78, 5) is 8.88. The fourth-order valence-electron chi connectivity index (χ4n) is 3.46. The molecule has 3 rings (SSSR count). The van der Waals surface area contributed by atoms with E-state index in [9.17, 15) is 13.9 Å². The predicted molar refractivity (Wildman–Crippen MR) is 128 cm³/mol. The Morgan fingerprint density at radius 2 is 1.89 bits per heavy atom. The van der Waals surface area contributed by atoms with Gasteiger partial charge in [0.05, 0.1) is 23.3 Å². The Bertz CT molecular complexity index is 1280. The lowest BCUT2D eigenvalue weighted by molar-refractivity contribution is -0.170. The molecule has 0 aliphatic carbocycles. The summed E-state index contributed by atoms with van der Waals surface area (Å²) in [5.41, 5.74) is -2.06. The summed E-state index contributed by atoms with van der Waals surface area (Å²) in [6.45, 7) is 5.88. The number of nitrogens with one attached hydrogen (secondary N) is 1. The van der Waals surface area contributed by atoms with Gasteiger partial charge in [-0.3, -0.25) is 0 Å². The van der Waals surface area contributed by atoms with E-state index in [1.807, 2.05) is 0 Å². The van der Waals surface area contributed by atoms with Gasteiger partial charge in [-0.15, -0.1) is 5.92 Å². The maximum absolute atomic E-state index is 15.1. The van der Waals surface area contributed by atoms with Gasteiger partial charge < -0.3 is 19.9 Å². The van der Waals surface area contributed by atoms with Gasteiger partial charge >= 0.3 is 5.92 Å². The Kier molecular flexibility index (Phi) is 7.88. The van der Waals surface area contributed by atoms with Crippen LogP contribution in [0.3, 0.4) is 0 Å². The summed E-state index contributed by atoms with van der Waals surface area (Å²) < 4.78 is 55.2. The number of aromatic nitrogens is 2. The summed E-state index contributed by atoms with van der Waals surface area (Å²) in [7, 11) is 1.57. The zero-order valence-electron chi connectivity index (χ0n) is 20.3. The molecule has 9 heteroatoms. The van der Waals surface area contributed by atoms with Crippen LogP contribution in [0.4, 0.5) is 19.0 Å². The molecule has 6 nitrogen and oxygen atoms in total. The number of anilines is 1. The second kappa shape index (κ2) is 10.5.